The fraction of sp³-hybridized carbons (Fsp3) is 0.333. The standard InChI is InChI=1S/C12H17N3O4S/c1-9(16)14-8-7-10-3-5-11(6-4-10)20(18,19)15-12(17)13-2/h3-6H,7-8H2,1-2H3,(H,14,16)(H2,13,15,17). The van der Waals surface area contributed by atoms with E-state index >= 15 is 0 Å². The van der Waals surface area contributed by atoms with Crippen molar-refractivity contribution in [2.75, 3.05) is 13.6 Å². The van der Waals surface area contributed by atoms with E-state index in [1.165, 1.54) is 26.1 Å². The molecule has 7 nitrogen and oxygen atoms in total. The van der Waals surface area contributed by atoms with Crippen LogP contribution in [0, 0.1) is 0 Å². The Hall–Kier alpha value is -2.09. The Labute approximate surface area is 117 Å². The van der Waals surface area contributed by atoms with Crippen LogP contribution >= 0.6 is 0 Å². The van der Waals surface area contributed by atoms with Gasteiger partial charge >= 0.3 is 6.03 Å². The van der Waals surface area contributed by atoms with Crippen LogP contribution in [0.2, 0.25) is 0 Å². The molecule has 0 saturated carbocycles. The van der Waals surface area contributed by atoms with Gasteiger partial charge in [0.1, 0.15) is 0 Å². The number of rotatable bonds is 5. The lowest BCUT2D eigenvalue weighted by Gasteiger charge is -2.07. The van der Waals surface area contributed by atoms with Gasteiger partial charge in [0, 0.05) is 20.5 Å². The number of hydrogen-bond acceptors (Lipinski definition) is 4. The molecule has 0 heterocycles. The van der Waals surface area contributed by atoms with Gasteiger partial charge in [0.2, 0.25) is 5.91 Å². The summed E-state index contributed by atoms with van der Waals surface area (Å²) in [5, 5.41) is 4.82. The maximum Gasteiger partial charge on any atom is 0.328 e. The van der Waals surface area contributed by atoms with Crippen LogP contribution in [-0.2, 0) is 21.2 Å². The molecule has 1 rings (SSSR count). The van der Waals surface area contributed by atoms with Gasteiger partial charge in [0.05, 0.1) is 4.90 Å². The maximum absolute atomic E-state index is 11.8. The second kappa shape index (κ2) is 6.90. The Morgan fingerprint density at radius 2 is 1.75 bits per heavy atom. The first-order valence-corrected chi connectivity index (χ1v) is 7.41. The van der Waals surface area contributed by atoms with Gasteiger partial charge in [0.25, 0.3) is 10.0 Å². The number of sulfonamides is 1. The average molecular weight is 299 g/mol. The van der Waals surface area contributed by atoms with Crippen molar-refractivity contribution in [1.29, 1.82) is 0 Å². The highest BCUT2D eigenvalue weighted by molar-refractivity contribution is 7.90. The molecule has 3 amide bonds. The van der Waals surface area contributed by atoms with E-state index in [0.717, 1.165) is 5.56 Å². The van der Waals surface area contributed by atoms with Crippen molar-refractivity contribution in [3.63, 3.8) is 0 Å². The number of benzene rings is 1. The molecule has 0 bridgehead atoms. The highest BCUT2D eigenvalue weighted by Crippen LogP contribution is 2.10. The van der Waals surface area contributed by atoms with E-state index in [0.29, 0.717) is 13.0 Å². The number of nitrogens with one attached hydrogen (secondary N) is 3. The topological polar surface area (TPSA) is 104 Å². The van der Waals surface area contributed by atoms with E-state index in [1.54, 1.807) is 12.1 Å². The average Bonchev–Trinajstić information content (AvgIpc) is 2.38. The molecule has 1 aromatic carbocycles. The molecule has 0 aromatic heterocycles. The zero-order valence-corrected chi connectivity index (χ0v) is 12.1. The minimum Gasteiger partial charge on any atom is -0.356 e. The van der Waals surface area contributed by atoms with Crippen LogP contribution in [0.5, 0.6) is 0 Å². The minimum atomic E-state index is -3.85. The first-order chi connectivity index (χ1) is 9.35. The van der Waals surface area contributed by atoms with Crippen LogP contribution in [-0.4, -0.2) is 33.9 Å². The molecule has 8 heteroatoms. The highest BCUT2D eigenvalue weighted by atomic mass is 32.2. The van der Waals surface area contributed by atoms with Crippen molar-refractivity contribution < 1.29 is 18.0 Å². The van der Waals surface area contributed by atoms with Gasteiger partial charge in [-0.25, -0.2) is 17.9 Å². The number of amides is 3. The van der Waals surface area contributed by atoms with E-state index < -0.39 is 16.1 Å². The molecule has 0 aliphatic rings. The van der Waals surface area contributed by atoms with E-state index in [-0.39, 0.29) is 10.8 Å². The Balaban J connectivity index is 2.70. The first kappa shape index (κ1) is 16.0. The van der Waals surface area contributed by atoms with Crippen LogP contribution in [0.25, 0.3) is 0 Å². The molecule has 110 valence electrons. The lowest BCUT2D eigenvalue weighted by molar-refractivity contribution is -0.118. The summed E-state index contributed by atoms with van der Waals surface area (Å²) < 4.78 is 25.4. The molecule has 0 fully saturated rings. The summed E-state index contributed by atoms with van der Waals surface area (Å²) in [6, 6.07) is 5.31. The minimum absolute atomic E-state index is 0.00405. The van der Waals surface area contributed by atoms with Crippen molar-refractivity contribution in [1.82, 2.24) is 15.4 Å². The smallest absolute Gasteiger partial charge is 0.328 e. The third-order valence-corrected chi connectivity index (χ3v) is 3.82. The van der Waals surface area contributed by atoms with Crippen molar-refractivity contribution in [3.8, 4) is 0 Å². The Morgan fingerprint density at radius 1 is 1.15 bits per heavy atom. The van der Waals surface area contributed by atoms with Gasteiger partial charge in [-0.05, 0) is 24.1 Å². The molecule has 0 atom stereocenters. The third-order valence-electron chi connectivity index (χ3n) is 2.48. The summed E-state index contributed by atoms with van der Waals surface area (Å²) in [6.07, 6.45) is 0.600. The normalized spacial score (nSPS) is 10.7. The van der Waals surface area contributed by atoms with Crippen molar-refractivity contribution in [2.24, 2.45) is 0 Å². The summed E-state index contributed by atoms with van der Waals surface area (Å²) in [7, 11) is -2.52. The molecule has 3 N–H and O–H groups in total. The predicted molar refractivity (Wildman–Crippen MR) is 73.6 cm³/mol. The summed E-state index contributed by atoms with van der Waals surface area (Å²) >= 11 is 0. The largest absolute Gasteiger partial charge is 0.356 e. The Kier molecular flexibility index (Phi) is 5.51. The fourth-order valence-electron chi connectivity index (χ4n) is 1.45. The molecule has 0 aliphatic heterocycles. The molecule has 0 radical (unpaired) electrons. The van der Waals surface area contributed by atoms with E-state index in [1.807, 2.05) is 4.72 Å². The Bertz CT molecular complexity index is 581. The second-order valence-electron chi connectivity index (χ2n) is 4.06. The molecular weight excluding hydrogens is 282 g/mol. The van der Waals surface area contributed by atoms with Crippen LogP contribution < -0.4 is 15.4 Å². The van der Waals surface area contributed by atoms with Gasteiger partial charge in [0.15, 0.2) is 0 Å². The lowest BCUT2D eigenvalue weighted by atomic mass is 10.1. The number of urea groups is 1. The maximum atomic E-state index is 11.8. The zero-order chi connectivity index (χ0) is 15.2. The van der Waals surface area contributed by atoms with Gasteiger partial charge in [-0.3, -0.25) is 4.79 Å². The Morgan fingerprint density at radius 3 is 2.25 bits per heavy atom. The number of hydrogen-bond donors (Lipinski definition) is 3. The third kappa shape index (κ3) is 4.88. The fourth-order valence-corrected chi connectivity index (χ4v) is 2.41. The molecule has 0 unspecified atom stereocenters. The second-order valence-corrected chi connectivity index (χ2v) is 5.74. The van der Waals surface area contributed by atoms with Crippen LogP contribution in [0.3, 0.4) is 0 Å². The van der Waals surface area contributed by atoms with Crippen molar-refractivity contribution in [2.45, 2.75) is 18.2 Å². The van der Waals surface area contributed by atoms with Gasteiger partial charge < -0.3 is 10.6 Å². The predicted octanol–water partition coefficient (Wildman–Crippen LogP) is -0.0171. The molecular formula is C12H17N3O4S. The molecule has 0 aliphatic carbocycles. The van der Waals surface area contributed by atoms with Gasteiger partial charge in [-0.1, -0.05) is 12.1 Å². The summed E-state index contributed by atoms with van der Waals surface area (Å²) in [4.78, 5) is 21.7. The molecule has 1 aromatic rings. The summed E-state index contributed by atoms with van der Waals surface area (Å²) in [6.45, 7) is 1.91. The van der Waals surface area contributed by atoms with Crippen LogP contribution in [0.1, 0.15) is 12.5 Å². The highest BCUT2D eigenvalue weighted by Gasteiger charge is 2.16. The van der Waals surface area contributed by atoms with E-state index in [9.17, 15) is 18.0 Å². The molecule has 0 saturated heterocycles. The quantitative estimate of drug-likeness (QED) is 0.711. The molecule has 20 heavy (non-hydrogen) atoms. The summed E-state index contributed by atoms with van der Waals surface area (Å²) in [5.41, 5.74) is 0.887. The summed E-state index contributed by atoms with van der Waals surface area (Å²) in [5.74, 6) is -0.112. The van der Waals surface area contributed by atoms with Crippen molar-refractivity contribution in [3.05, 3.63) is 29.8 Å². The lowest BCUT2D eigenvalue weighted by Crippen LogP contribution is -2.37. The van der Waals surface area contributed by atoms with Crippen LogP contribution in [0.4, 0.5) is 4.79 Å². The molecule has 0 spiro atoms. The number of carbonyl (C=O) groups is 2. The zero-order valence-electron chi connectivity index (χ0n) is 11.3. The van der Waals surface area contributed by atoms with Gasteiger partial charge in [-0.2, -0.15) is 0 Å². The number of carbonyl (C=O) groups excluding carboxylic acids is 2. The van der Waals surface area contributed by atoms with Crippen LogP contribution in [0.15, 0.2) is 29.2 Å². The monoisotopic (exact) mass is 299 g/mol. The van der Waals surface area contributed by atoms with E-state index in [4.69, 9.17) is 0 Å². The first-order valence-electron chi connectivity index (χ1n) is 5.93. The van der Waals surface area contributed by atoms with Crippen molar-refractivity contribution >= 4 is 22.0 Å². The van der Waals surface area contributed by atoms with Gasteiger partial charge in [-0.15, -0.1) is 0 Å². The van der Waals surface area contributed by atoms with E-state index in [2.05, 4.69) is 10.6 Å². The SMILES string of the molecule is CNC(=O)NS(=O)(=O)c1ccc(CCNC(C)=O)cc1.